The third-order valence-electron chi connectivity index (χ3n) is 1.71. The summed E-state index contributed by atoms with van der Waals surface area (Å²) < 4.78 is 0. The van der Waals surface area contributed by atoms with Gasteiger partial charge in [-0.2, -0.15) is 0 Å². The lowest BCUT2D eigenvalue weighted by atomic mass is 10.4. The molecule has 6 heteroatoms. The SMILES string of the molecule is CCCC(=O)O.OCCN(CCO)CCO. The zero-order valence-corrected chi connectivity index (χ0v) is 9.80. The van der Waals surface area contributed by atoms with Crippen LogP contribution in [0.1, 0.15) is 19.8 Å². The average Bonchev–Trinajstić information content (AvgIpc) is 2.19. The van der Waals surface area contributed by atoms with Crippen molar-refractivity contribution in [2.24, 2.45) is 0 Å². The van der Waals surface area contributed by atoms with Crippen molar-refractivity contribution in [2.45, 2.75) is 19.8 Å². The Bertz CT molecular complexity index is 140. The highest BCUT2D eigenvalue weighted by atomic mass is 16.4. The smallest absolute Gasteiger partial charge is 0.303 e. The maximum Gasteiger partial charge on any atom is 0.303 e. The molecule has 0 amide bonds. The molecule has 98 valence electrons. The van der Waals surface area contributed by atoms with E-state index in [0.717, 1.165) is 6.42 Å². The predicted molar refractivity (Wildman–Crippen MR) is 60.2 cm³/mol. The van der Waals surface area contributed by atoms with Crippen LogP contribution in [0.2, 0.25) is 0 Å². The number of hydrogen-bond acceptors (Lipinski definition) is 5. The Labute approximate surface area is 96.1 Å². The first-order valence-electron chi connectivity index (χ1n) is 5.39. The number of carboxylic acid groups (broad SMARTS) is 1. The Morgan fingerprint density at radius 2 is 1.38 bits per heavy atom. The van der Waals surface area contributed by atoms with E-state index in [1.807, 2.05) is 6.92 Å². The van der Waals surface area contributed by atoms with E-state index in [0.29, 0.717) is 26.1 Å². The number of nitrogens with zero attached hydrogens (tertiary/aromatic N) is 1. The van der Waals surface area contributed by atoms with E-state index in [1.54, 1.807) is 4.90 Å². The van der Waals surface area contributed by atoms with Crippen LogP contribution >= 0.6 is 0 Å². The number of rotatable bonds is 8. The topological polar surface area (TPSA) is 101 Å². The van der Waals surface area contributed by atoms with Gasteiger partial charge >= 0.3 is 5.97 Å². The number of carbonyl (C=O) groups is 1. The Morgan fingerprint density at radius 3 is 1.50 bits per heavy atom. The van der Waals surface area contributed by atoms with Gasteiger partial charge in [0.2, 0.25) is 0 Å². The van der Waals surface area contributed by atoms with Gasteiger partial charge < -0.3 is 20.4 Å². The first-order valence-corrected chi connectivity index (χ1v) is 5.39. The van der Waals surface area contributed by atoms with Crippen LogP contribution in [0.25, 0.3) is 0 Å². The molecule has 0 spiro atoms. The molecule has 0 unspecified atom stereocenters. The van der Waals surface area contributed by atoms with Gasteiger partial charge in [-0.25, -0.2) is 0 Å². The predicted octanol–water partition coefficient (Wildman–Crippen LogP) is -0.864. The van der Waals surface area contributed by atoms with E-state index < -0.39 is 5.97 Å². The molecule has 0 aromatic heterocycles. The fourth-order valence-corrected chi connectivity index (χ4v) is 0.974. The summed E-state index contributed by atoms with van der Waals surface area (Å²) in [5, 5.41) is 33.4. The third kappa shape index (κ3) is 15.8. The van der Waals surface area contributed by atoms with Gasteiger partial charge in [-0.05, 0) is 6.42 Å². The maximum absolute atomic E-state index is 9.60. The monoisotopic (exact) mass is 237 g/mol. The largest absolute Gasteiger partial charge is 0.481 e. The highest BCUT2D eigenvalue weighted by Crippen LogP contribution is 1.84. The maximum atomic E-state index is 9.60. The van der Waals surface area contributed by atoms with E-state index in [4.69, 9.17) is 20.4 Å². The summed E-state index contributed by atoms with van der Waals surface area (Å²) in [6.07, 6.45) is 1.02. The molecule has 6 nitrogen and oxygen atoms in total. The quantitative estimate of drug-likeness (QED) is 0.438. The van der Waals surface area contributed by atoms with Crippen LogP contribution in [0.3, 0.4) is 0 Å². The van der Waals surface area contributed by atoms with E-state index in [-0.39, 0.29) is 19.8 Å². The second-order valence-corrected chi connectivity index (χ2v) is 3.16. The number of aliphatic hydroxyl groups excluding tert-OH is 3. The van der Waals surface area contributed by atoms with E-state index in [9.17, 15) is 4.79 Å². The summed E-state index contributed by atoms with van der Waals surface area (Å²) in [4.78, 5) is 11.4. The molecular formula is C10H23NO5. The Kier molecular flexibility index (Phi) is 15.8. The molecule has 0 rings (SSSR count). The van der Waals surface area contributed by atoms with Crippen LogP contribution in [0.4, 0.5) is 0 Å². The highest BCUT2D eigenvalue weighted by molar-refractivity contribution is 5.66. The van der Waals surface area contributed by atoms with Gasteiger partial charge in [0.15, 0.2) is 0 Å². The van der Waals surface area contributed by atoms with Gasteiger partial charge in [-0.15, -0.1) is 0 Å². The van der Waals surface area contributed by atoms with Crippen molar-refractivity contribution in [3.63, 3.8) is 0 Å². The lowest BCUT2D eigenvalue weighted by Crippen LogP contribution is -2.32. The molecule has 0 bridgehead atoms. The normalized spacial score (nSPS) is 9.81. The van der Waals surface area contributed by atoms with Gasteiger partial charge in [0.25, 0.3) is 0 Å². The van der Waals surface area contributed by atoms with Crippen molar-refractivity contribution in [1.82, 2.24) is 4.90 Å². The average molecular weight is 237 g/mol. The Morgan fingerprint density at radius 1 is 1.00 bits per heavy atom. The molecule has 0 fully saturated rings. The zero-order valence-electron chi connectivity index (χ0n) is 9.80. The van der Waals surface area contributed by atoms with Crippen LogP contribution in [-0.4, -0.2) is 70.8 Å². The van der Waals surface area contributed by atoms with Gasteiger partial charge in [-0.3, -0.25) is 9.69 Å². The molecule has 0 atom stereocenters. The number of hydrogen-bond donors (Lipinski definition) is 4. The summed E-state index contributed by atoms with van der Waals surface area (Å²) in [6, 6.07) is 0. The lowest BCUT2D eigenvalue weighted by molar-refractivity contribution is -0.137. The van der Waals surface area contributed by atoms with Crippen molar-refractivity contribution in [3.8, 4) is 0 Å². The van der Waals surface area contributed by atoms with Crippen molar-refractivity contribution >= 4 is 5.97 Å². The van der Waals surface area contributed by atoms with Gasteiger partial charge in [0.05, 0.1) is 19.8 Å². The minimum atomic E-state index is -0.711. The van der Waals surface area contributed by atoms with Crippen LogP contribution in [0.5, 0.6) is 0 Å². The molecule has 16 heavy (non-hydrogen) atoms. The second kappa shape index (κ2) is 14.3. The molecule has 0 saturated carbocycles. The molecule has 0 aliphatic rings. The molecule has 0 heterocycles. The molecule has 0 radical (unpaired) electrons. The minimum absolute atomic E-state index is 0.0694. The second-order valence-electron chi connectivity index (χ2n) is 3.16. The Balaban J connectivity index is 0. The first-order chi connectivity index (χ1) is 7.62. The summed E-state index contributed by atoms with van der Waals surface area (Å²) in [7, 11) is 0. The van der Waals surface area contributed by atoms with Crippen LogP contribution in [0.15, 0.2) is 0 Å². The fraction of sp³-hybridized carbons (Fsp3) is 0.900. The Hall–Kier alpha value is -0.690. The first kappa shape index (κ1) is 17.7. The number of aliphatic hydroxyl groups is 3. The third-order valence-corrected chi connectivity index (χ3v) is 1.71. The summed E-state index contributed by atoms with van der Waals surface area (Å²) in [5.74, 6) is -0.711. The lowest BCUT2D eigenvalue weighted by Gasteiger charge is -2.17. The van der Waals surface area contributed by atoms with Crippen LogP contribution in [-0.2, 0) is 4.79 Å². The molecule has 0 aliphatic heterocycles. The minimum Gasteiger partial charge on any atom is -0.481 e. The summed E-state index contributed by atoms with van der Waals surface area (Å²) in [5.41, 5.74) is 0. The van der Waals surface area contributed by atoms with E-state index in [2.05, 4.69) is 0 Å². The van der Waals surface area contributed by atoms with Crippen molar-refractivity contribution in [1.29, 1.82) is 0 Å². The van der Waals surface area contributed by atoms with E-state index >= 15 is 0 Å². The molecule has 0 aromatic rings. The van der Waals surface area contributed by atoms with Gasteiger partial charge in [-0.1, -0.05) is 6.92 Å². The molecule has 4 N–H and O–H groups in total. The molecule has 0 aliphatic carbocycles. The highest BCUT2D eigenvalue weighted by Gasteiger charge is 2.00. The van der Waals surface area contributed by atoms with E-state index in [1.165, 1.54) is 0 Å². The van der Waals surface area contributed by atoms with Crippen LogP contribution < -0.4 is 0 Å². The summed E-state index contributed by atoms with van der Waals surface area (Å²) in [6.45, 7) is 3.59. The molecule has 0 aromatic carbocycles. The van der Waals surface area contributed by atoms with Crippen LogP contribution in [0, 0.1) is 0 Å². The fourth-order valence-electron chi connectivity index (χ4n) is 0.974. The number of carboxylic acids is 1. The summed E-state index contributed by atoms with van der Waals surface area (Å²) >= 11 is 0. The molecule has 0 saturated heterocycles. The zero-order chi connectivity index (χ0) is 12.8. The number of aliphatic carboxylic acids is 1. The molecular weight excluding hydrogens is 214 g/mol. The van der Waals surface area contributed by atoms with Gasteiger partial charge in [0.1, 0.15) is 0 Å². The van der Waals surface area contributed by atoms with Crippen molar-refractivity contribution in [2.75, 3.05) is 39.5 Å². The van der Waals surface area contributed by atoms with Crippen molar-refractivity contribution < 1.29 is 25.2 Å². The van der Waals surface area contributed by atoms with Gasteiger partial charge in [0, 0.05) is 26.1 Å². The standard InChI is InChI=1S/C6H15NO3.C4H8O2/c8-4-1-7(2-5-9)3-6-10;1-2-3-4(5)6/h8-10H,1-6H2;2-3H2,1H3,(H,5,6). The van der Waals surface area contributed by atoms with Crippen molar-refractivity contribution in [3.05, 3.63) is 0 Å².